The summed E-state index contributed by atoms with van der Waals surface area (Å²) in [4.78, 5) is 16.4. The van der Waals surface area contributed by atoms with Gasteiger partial charge in [-0.1, -0.05) is 29.3 Å². The highest BCUT2D eigenvalue weighted by Crippen LogP contribution is 2.24. The number of rotatable bonds is 4. The maximum Gasteiger partial charge on any atom is 0.436 e. The molecule has 2 N–H and O–H groups in total. The molecule has 0 aliphatic heterocycles. The zero-order valence-corrected chi connectivity index (χ0v) is 11.6. The Labute approximate surface area is 115 Å². The van der Waals surface area contributed by atoms with Crippen LogP contribution in [0.5, 0.6) is 0 Å². The molecule has 0 radical (unpaired) electrons. The second-order valence-electron chi connectivity index (χ2n) is 3.72. The monoisotopic (exact) mass is 290 g/mol. The molecule has 1 rings (SSSR count). The normalized spacial score (nSPS) is 10.0. The lowest BCUT2D eigenvalue weighted by Crippen LogP contribution is -2.36. The van der Waals surface area contributed by atoms with E-state index in [1.807, 2.05) is 0 Å². The number of halogens is 2. The van der Waals surface area contributed by atoms with Crippen molar-refractivity contribution in [1.29, 1.82) is 0 Å². The number of hydrogen-bond acceptors (Lipinski definition) is 2. The van der Waals surface area contributed by atoms with E-state index in [-0.39, 0.29) is 6.61 Å². The highest BCUT2D eigenvalue weighted by Gasteiger charge is 2.18. The van der Waals surface area contributed by atoms with Crippen LogP contribution in [0.3, 0.4) is 0 Å². The Morgan fingerprint density at radius 3 is 2.44 bits per heavy atom. The molecule has 1 aromatic carbocycles. The quantitative estimate of drug-likeness (QED) is 0.400. The van der Waals surface area contributed by atoms with Crippen LogP contribution in [0.2, 0.25) is 10.0 Å². The lowest BCUT2D eigenvalue weighted by Gasteiger charge is -2.09. The molecule has 0 aromatic heterocycles. The van der Waals surface area contributed by atoms with E-state index in [4.69, 9.17) is 33.8 Å². The molecule has 0 aliphatic carbocycles. The van der Waals surface area contributed by atoms with Crippen molar-refractivity contribution >= 4 is 35.6 Å². The molecule has 7 heteroatoms. The van der Waals surface area contributed by atoms with Gasteiger partial charge in [-0.25, -0.2) is 4.79 Å². The first kappa shape index (κ1) is 14.8. The van der Waals surface area contributed by atoms with Crippen molar-refractivity contribution in [3.63, 3.8) is 0 Å². The number of hydrogen-bond donors (Lipinski definition) is 1. The van der Waals surface area contributed by atoms with E-state index in [0.29, 0.717) is 15.6 Å². The van der Waals surface area contributed by atoms with Gasteiger partial charge in [-0.15, -0.1) is 0 Å². The van der Waals surface area contributed by atoms with Crippen LogP contribution in [0, 0.1) is 0 Å². The number of benzene rings is 1. The molecule has 0 aliphatic rings. The number of carbonyl (C=O) groups excluding carboxylic acids is 1. The molecule has 98 valence electrons. The van der Waals surface area contributed by atoms with Crippen LogP contribution in [0.1, 0.15) is 5.56 Å². The fourth-order valence-corrected chi connectivity index (χ4v) is 1.67. The zero-order valence-electron chi connectivity index (χ0n) is 10.1. The van der Waals surface area contributed by atoms with E-state index in [1.165, 1.54) is 6.34 Å². The minimum atomic E-state index is -0.730. The zero-order chi connectivity index (χ0) is 13.7. The smallest absolute Gasteiger partial charge is 0.329 e. The van der Waals surface area contributed by atoms with Crippen molar-refractivity contribution in [3.8, 4) is 0 Å². The number of carbonyl (C=O) groups is 1. The molecular weight excluding hydrogens is 277 g/mol. The molecule has 0 saturated heterocycles. The second kappa shape index (κ2) is 6.58. The van der Waals surface area contributed by atoms with E-state index >= 15 is 0 Å². The van der Waals surface area contributed by atoms with Crippen molar-refractivity contribution in [1.82, 2.24) is 5.06 Å². The topological polar surface area (TPSA) is 58.6 Å². The van der Waals surface area contributed by atoms with E-state index in [2.05, 4.69) is 0 Å². The van der Waals surface area contributed by atoms with Crippen molar-refractivity contribution < 1.29 is 14.2 Å². The fraction of sp³-hybridized carbons (Fsp3) is 0.273. The molecule has 5 nitrogen and oxygen atoms in total. The highest BCUT2D eigenvalue weighted by atomic mass is 35.5. The predicted octanol–water partition coefficient (Wildman–Crippen LogP) is 2.11. The maximum atomic E-state index is 11.1. The molecule has 1 aromatic rings. The van der Waals surface area contributed by atoms with Crippen molar-refractivity contribution in [3.05, 3.63) is 33.8 Å². The molecule has 0 fully saturated rings. The summed E-state index contributed by atoms with van der Waals surface area (Å²) in [5, 5.41) is 1.85. The summed E-state index contributed by atoms with van der Waals surface area (Å²) < 4.78 is 1.62. The Kier molecular flexibility index (Phi) is 5.40. The number of hydroxylamine groups is 2. The van der Waals surface area contributed by atoms with Crippen molar-refractivity contribution in [2.45, 2.75) is 6.61 Å². The first-order valence-corrected chi connectivity index (χ1v) is 5.83. The van der Waals surface area contributed by atoms with E-state index < -0.39 is 6.03 Å². The van der Waals surface area contributed by atoms with Crippen LogP contribution >= 0.6 is 23.2 Å². The summed E-state index contributed by atoms with van der Waals surface area (Å²) in [5.74, 6) is 0. The van der Waals surface area contributed by atoms with Crippen LogP contribution in [0.25, 0.3) is 0 Å². The minimum Gasteiger partial charge on any atom is -0.329 e. The second-order valence-corrected chi connectivity index (χ2v) is 4.53. The van der Waals surface area contributed by atoms with Gasteiger partial charge in [0.2, 0.25) is 0 Å². The summed E-state index contributed by atoms with van der Waals surface area (Å²) >= 11 is 12.0. The molecule has 0 atom stereocenters. The number of urea groups is 1. The molecule has 2 amide bonds. The Morgan fingerprint density at radius 2 is 2.00 bits per heavy atom. The van der Waals surface area contributed by atoms with Crippen molar-refractivity contribution in [2.24, 2.45) is 5.73 Å². The third-order valence-corrected chi connectivity index (χ3v) is 2.67. The molecule has 0 saturated carbocycles. The van der Waals surface area contributed by atoms with Crippen LogP contribution < -0.4 is 5.73 Å². The summed E-state index contributed by atoms with van der Waals surface area (Å²) in [6, 6.07) is 4.38. The summed E-state index contributed by atoms with van der Waals surface area (Å²) in [7, 11) is 3.48. The van der Waals surface area contributed by atoms with Crippen LogP contribution in [-0.4, -0.2) is 36.1 Å². The largest absolute Gasteiger partial charge is 0.436 e. The molecular formula is C11H14Cl2N3O2+. The van der Waals surface area contributed by atoms with Gasteiger partial charge in [0, 0.05) is 15.6 Å². The highest BCUT2D eigenvalue weighted by molar-refractivity contribution is 6.35. The fourth-order valence-electron chi connectivity index (χ4n) is 1.17. The maximum absolute atomic E-state index is 11.1. The van der Waals surface area contributed by atoms with Gasteiger partial charge in [0.15, 0.2) is 0 Å². The predicted molar refractivity (Wildman–Crippen MR) is 70.8 cm³/mol. The first-order valence-electron chi connectivity index (χ1n) is 5.07. The molecule has 0 unspecified atom stereocenters. The average Bonchev–Trinajstić information content (AvgIpc) is 2.26. The Balaban J connectivity index is 2.80. The molecule has 0 spiro atoms. The summed E-state index contributed by atoms with van der Waals surface area (Å²) in [6.07, 6.45) is 1.41. The lowest BCUT2D eigenvalue weighted by molar-refractivity contribution is -0.467. The SMILES string of the molecule is C[N+](C)=CN(OCc1c(Cl)cccc1Cl)C(N)=O. The molecule has 0 heterocycles. The van der Waals surface area contributed by atoms with Gasteiger partial charge in [-0.2, -0.15) is 4.84 Å². The van der Waals surface area contributed by atoms with Crippen LogP contribution in [0.15, 0.2) is 18.2 Å². The number of amides is 2. The molecule has 18 heavy (non-hydrogen) atoms. The van der Waals surface area contributed by atoms with Gasteiger partial charge < -0.3 is 5.73 Å². The third kappa shape index (κ3) is 4.18. The number of primary amides is 1. The van der Waals surface area contributed by atoms with Gasteiger partial charge in [0.1, 0.15) is 6.61 Å². The van der Waals surface area contributed by atoms with E-state index in [9.17, 15) is 4.79 Å². The Morgan fingerprint density at radius 1 is 1.44 bits per heavy atom. The van der Waals surface area contributed by atoms with Gasteiger partial charge >= 0.3 is 6.03 Å². The standard InChI is InChI=1S/C11H13Cl2N3O2/c1-15(2)7-16(11(14)17)18-6-8-9(12)4-3-5-10(8)13/h3-5,7H,6H2,1-2H3,(H-,14,17)/p+1. The van der Waals surface area contributed by atoms with Crippen LogP contribution in [0.4, 0.5) is 4.79 Å². The first-order chi connectivity index (χ1) is 8.41. The lowest BCUT2D eigenvalue weighted by atomic mass is 10.2. The Hall–Kier alpha value is -1.30. The van der Waals surface area contributed by atoms with Crippen LogP contribution in [-0.2, 0) is 11.4 Å². The van der Waals surface area contributed by atoms with Crippen molar-refractivity contribution in [2.75, 3.05) is 14.1 Å². The third-order valence-electron chi connectivity index (χ3n) is 1.96. The van der Waals surface area contributed by atoms with Gasteiger partial charge in [-0.05, 0) is 17.2 Å². The average molecular weight is 291 g/mol. The molecule has 0 bridgehead atoms. The summed E-state index contributed by atoms with van der Waals surface area (Å²) in [6.45, 7) is 0.0474. The van der Waals surface area contributed by atoms with Gasteiger partial charge in [0.05, 0.1) is 14.1 Å². The minimum absolute atomic E-state index is 0.0474. The van der Waals surface area contributed by atoms with E-state index in [1.54, 1.807) is 36.9 Å². The van der Waals surface area contributed by atoms with Gasteiger partial charge in [-0.3, -0.25) is 4.58 Å². The number of nitrogens with zero attached hydrogens (tertiary/aromatic N) is 2. The number of nitrogens with two attached hydrogens (primary N) is 1. The Bertz CT molecular complexity index is 453. The summed E-state index contributed by atoms with van der Waals surface area (Å²) in [5.41, 5.74) is 5.76. The van der Waals surface area contributed by atoms with Gasteiger partial charge in [0.25, 0.3) is 6.34 Å². The van der Waals surface area contributed by atoms with E-state index in [0.717, 1.165) is 5.06 Å².